The molecule has 0 aliphatic rings. The predicted molar refractivity (Wildman–Crippen MR) is 84.3 cm³/mol. The van der Waals surface area contributed by atoms with E-state index in [0.29, 0.717) is 11.3 Å². The van der Waals surface area contributed by atoms with Crippen molar-refractivity contribution in [3.05, 3.63) is 78.1 Å². The Morgan fingerprint density at radius 2 is 1.73 bits per heavy atom. The summed E-state index contributed by atoms with van der Waals surface area (Å²) in [5.74, 6) is 0.00784. The van der Waals surface area contributed by atoms with Gasteiger partial charge in [0.05, 0.1) is 0 Å². The van der Waals surface area contributed by atoms with Gasteiger partial charge in [0.2, 0.25) is 18.0 Å². The third-order valence-corrected chi connectivity index (χ3v) is 3.53. The van der Waals surface area contributed by atoms with Crippen molar-refractivity contribution in [2.75, 3.05) is 0 Å². The van der Waals surface area contributed by atoms with Crippen LogP contribution in [0.4, 0.5) is 0 Å². The van der Waals surface area contributed by atoms with E-state index >= 15 is 0 Å². The minimum atomic E-state index is 0.00784. The molecule has 0 fully saturated rings. The van der Waals surface area contributed by atoms with Crippen LogP contribution in [0.2, 0.25) is 0 Å². The summed E-state index contributed by atoms with van der Waals surface area (Å²) in [4.78, 5) is 12.4. The summed E-state index contributed by atoms with van der Waals surface area (Å²) in [6.45, 7) is 0.191. The van der Waals surface area contributed by atoms with Crippen LogP contribution in [-0.4, -0.2) is 17.2 Å². The van der Waals surface area contributed by atoms with Crippen LogP contribution in [0.1, 0.15) is 16.1 Å². The maximum atomic E-state index is 12.4. The topological polar surface area (TPSA) is 53.5 Å². The molecule has 0 amide bonds. The van der Waals surface area contributed by atoms with E-state index in [9.17, 15) is 4.79 Å². The van der Waals surface area contributed by atoms with Gasteiger partial charge in [-0.25, -0.2) is 0 Å². The number of pyridine rings is 1. The number of carbonyl (C=O) groups is 1. The molecule has 0 aliphatic heterocycles. The molecule has 3 aromatic rings. The van der Waals surface area contributed by atoms with Gasteiger partial charge >= 0.3 is 0 Å². The highest BCUT2D eigenvalue weighted by Crippen LogP contribution is 2.12. The van der Waals surface area contributed by atoms with Crippen LogP contribution in [0.25, 0.3) is 10.8 Å². The lowest BCUT2D eigenvalue weighted by molar-refractivity contribution is -0.682. The maximum absolute atomic E-state index is 12.4. The zero-order valence-electron chi connectivity index (χ0n) is 11.9. The molecule has 0 saturated heterocycles. The largest absolute Gasteiger partial charge is 0.411 e. The summed E-state index contributed by atoms with van der Waals surface area (Å²) in [7, 11) is 0. The van der Waals surface area contributed by atoms with Crippen LogP contribution in [-0.2, 0) is 6.54 Å². The van der Waals surface area contributed by atoms with Crippen molar-refractivity contribution in [1.29, 1.82) is 0 Å². The molecule has 22 heavy (non-hydrogen) atoms. The maximum Gasteiger partial charge on any atom is 0.228 e. The fourth-order valence-corrected chi connectivity index (χ4v) is 2.42. The Balaban J connectivity index is 2.01. The molecule has 0 radical (unpaired) electrons. The molecule has 0 spiro atoms. The highest BCUT2D eigenvalue weighted by Gasteiger charge is 2.17. The van der Waals surface area contributed by atoms with Crippen molar-refractivity contribution in [1.82, 2.24) is 0 Å². The van der Waals surface area contributed by atoms with Crippen LogP contribution in [0, 0.1) is 0 Å². The van der Waals surface area contributed by atoms with Gasteiger partial charge < -0.3 is 5.21 Å². The van der Waals surface area contributed by atoms with E-state index in [1.54, 1.807) is 16.7 Å². The zero-order valence-corrected chi connectivity index (χ0v) is 11.9. The number of carbonyl (C=O) groups excluding carboxylic acids is 1. The number of hydrogen-bond acceptors (Lipinski definition) is 3. The van der Waals surface area contributed by atoms with Gasteiger partial charge in [-0.2, -0.15) is 4.57 Å². The zero-order chi connectivity index (χ0) is 15.4. The number of Topliss-reactive ketones (excluding diaryl/α,β-unsaturated/α-hetero) is 1. The van der Waals surface area contributed by atoms with Gasteiger partial charge in [0.25, 0.3) is 0 Å². The van der Waals surface area contributed by atoms with Gasteiger partial charge in [-0.3, -0.25) is 4.79 Å². The van der Waals surface area contributed by atoms with Crippen molar-refractivity contribution in [3.63, 3.8) is 0 Å². The second-order valence-corrected chi connectivity index (χ2v) is 4.99. The lowest BCUT2D eigenvalue weighted by atomic mass is 10.1. The molecular weight excluding hydrogens is 276 g/mol. The lowest BCUT2D eigenvalue weighted by Gasteiger charge is -2.03. The molecule has 3 rings (SSSR count). The summed E-state index contributed by atoms with van der Waals surface area (Å²) in [6, 6.07) is 18.9. The van der Waals surface area contributed by atoms with Crippen LogP contribution < -0.4 is 4.57 Å². The highest BCUT2D eigenvalue weighted by molar-refractivity contribution is 5.95. The molecule has 108 valence electrons. The van der Waals surface area contributed by atoms with Crippen molar-refractivity contribution in [2.45, 2.75) is 6.54 Å². The number of oxime groups is 1. The summed E-state index contributed by atoms with van der Waals surface area (Å²) in [6.07, 6.45) is 3.23. The fourth-order valence-electron chi connectivity index (χ4n) is 2.42. The molecule has 0 bridgehead atoms. The Morgan fingerprint density at radius 3 is 2.45 bits per heavy atom. The Labute approximate surface area is 127 Å². The molecule has 1 N–H and O–H groups in total. The molecule has 1 aromatic heterocycles. The first-order chi connectivity index (χ1) is 10.8. The molecule has 0 atom stereocenters. The predicted octanol–water partition coefficient (Wildman–Crippen LogP) is 2.82. The van der Waals surface area contributed by atoms with Gasteiger partial charge in [-0.1, -0.05) is 53.7 Å². The summed E-state index contributed by atoms with van der Waals surface area (Å²) < 4.78 is 1.79. The summed E-state index contributed by atoms with van der Waals surface area (Å²) in [5.41, 5.74) is 1.33. The van der Waals surface area contributed by atoms with Gasteiger partial charge in [0, 0.05) is 17.0 Å². The molecule has 0 aliphatic carbocycles. The average molecular weight is 291 g/mol. The Kier molecular flexibility index (Phi) is 3.92. The van der Waals surface area contributed by atoms with Crippen LogP contribution >= 0.6 is 0 Å². The van der Waals surface area contributed by atoms with Gasteiger partial charge in [0.1, 0.15) is 6.21 Å². The number of benzene rings is 2. The molecule has 1 heterocycles. The van der Waals surface area contributed by atoms with E-state index in [-0.39, 0.29) is 12.3 Å². The number of fused-ring (bicyclic) bond motifs is 1. The van der Waals surface area contributed by atoms with Crippen molar-refractivity contribution < 1.29 is 14.6 Å². The normalized spacial score (nSPS) is 11.1. The van der Waals surface area contributed by atoms with Crippen molar-refractivity contribution in [3.8, 4) is 0 Å². The summed E-state index contributed by atoms with van der Waals surface area (Å²) >= 11 is 0. The van der Waals surface area contributed by atoms with E-state index in [0.717, 1.165) is 10.8 Å². The van der Waals surface area contributed by atoms with Crippen LogP contribution in [0.3, 0.4) is 0 Å². The SMILES string of the molecule is O=C(C[n+]1cc2ccccc2cc1/C=N/O)c1ccccc1. The monoisotopic (exact) mass is 291 g/mol. The molecular formula is C18H15N2O2+. The molecule has 4 nitrogen and oxygen atoms in total. The smallest absolute Gasteiger partial charge is 0.228 e. The van der Waals surface area contributed by atoms with Crippen LogP contribution in [0.5, 0.6) is 0 Å². The minimum Gasteiger partial charge on any atom is -0.411 e. The van der Waals surface area contributed by atoms with Crippen molar-refractivity contribution in [2.24, 2.45) is 5.16 Å². The van der Waals surface area contributed by atoms with Gasteiger partial charge in [-0.15, -0.1) is 0 Å². The number of nitrogens with zero attached hydrogens (tertiary/aromatic N) is 2. The van der Waals surface area contributed by atoms with Crippen LogP contribution in [0.15, 0.2) is 72.0 Å². The van der Waals surface area contributed by atoms with E-state index in [2.05, 4.69) is 5.16 Å². The number of ketones is 1. The third kappa shape index (κ3) is 2.86. The second kappa shape index (κ2) is 6.18. The molecule has 0 unspecified atom stereocenters. The minimum absolute atomic E-state index is 0.00784. The third-order valence-electron chi connectivity index (χ3n) is 3.53. The van der Waals surface area contributed by atoms with Gasteiger partial charge in [0.15, 0.2) is 6.20 Å². The first-order valence-electron chi connectivity index (χ1n) is 6.96. The number of hydrogen-bond donors (Lipinski definition) is 1. The molecule has 2 aromatic carbocycles. The first-order valence-corrected chi connectivity index (χ1v) is 6.96. The quantitative estimate of drug-likeness (QED) is 0.264. The first kappa shape index (κ1) is 13.9. The van der Waals surface area contributed by atoms with Gasteiger partial charge in [-0.05, 0) is 11.5 Å². The summed E-state index contributed by atoms with van der Waals surface area (Å²) in [5, 5.41) is 14.0. The molecule has 4 heteroatoms. The number of rotatable bonds is 4. The van der Waals surface area contributed by atoms with E-state index < -0.39 is 0 Å². The van der Waals surface area contributed by atoms with E-state index in [4.69, 9.17) is 5.21 Å². The van der Waals surface area contributed by atoms with E-state index in [1.165, 1.54) is 6.21 Å². The fraction of sp³-hybridized carbons (Fsp3) is 0.0556. The highest BCUT2D eigenvalue weighted by atomic mass is 16.4. The molecule has 0 saturated carbocycles. The lowest BCUT2D eigenvalue weighted by Crippen LogP contribution is -2.41. The van der Waals surface area contributed by atoms with E-state index in [1.807, 2.05) is 54.7 Å². The Hall–Kier alpha value is -3.01. The Bertz CT molecular complexity index is 842. The number of aromatic nitrogens is 1. The standard InChI is InChI=1S/C18H14N2O2/c21-18(14-6-2-1-3-7-14)13-20-12-16-9-5-4-8-15(16)10-17(20)11-19-22/h1-12H,13H2/p+1. The van der Waals surface area contributed by atoms with Crippen molar-refractivity contribution >= 4 is 22.8 Å². The second-order valence-electron chi connectivity index (χ2n) is 4.99. The average Bonchev–Trinajstić information content (AvgIpc) is 2.56. The Morgan fingerprint density at radius 1 is 1.05 bits per heavy atom.